The average Bonchev–Trinajstić information content (AvgIpc) is 2.69. The van der Waals surface area contributed by atoms with Crippen LogP contribution < -0.4 is 5.73 Å². The van der Waals surface area contributed by atoms with Crippen LogP contribution in [-0.4, -0.2) is 89.0 Å². The normalized spacial score (nSPS) is 13.3. The van der Waals surface area contributed by atoms with Gasteiger partial charge in [0.2, 0.25) is 17.7 Å². The molecule has 0 aliphatic carbocycles. The molecule has 0 radical (unpaired) electrons. The van der Waals surface area contributed by atoms with Crippen LogP contribution in [0.15, 0.2) is 0 Å². The number of thioether (sulfide) groups is 1. The lowest BCUT2D eigenvalue weighted by Gasteiger charge is -2.35. The number of nitrogens with two attached hydrogens (primary N) is 1. The summed E-state index contributed by atoms with van der Waals surface area (Å²) in [5.41, 5.74) is 4.30. The van der Waals surface area contributed by atoms with Gasteiger partial charge in [-0.25, -0.2) is 0 Å². The number of likely N-dealkylation sites (N-methyl/N-ethyl adjacent to an activating group) is 2. The maximum atomic E-state index is 13.2. The highest BCUT2D eigenvalue weighted by atomic mass is 32.2. The Morgan fingerprint density at radius 3 is 2.16 bits per heavy atom. The molecule has 0 aliphatic heterocycles. The van der Waals surface area contributed by atoms with Gasteiger partial charge in [-0.2, -0.15) is 11.8 Å². The quantitative estimate of drug-likeness (QED) is 0.276. The van der Waals surface area contributed by atoms with E-state index >= 15 is 0 Å². The number of hydrogen-bond donors (Lipinski definition) is 2. The largest absolute Gasteiger partial charge is 0.469 e. The molecule has 0 aromatic rings. The number of unbranched alkanes of at least 4 members (excludes halogenated alkanes) is 1. The molecule has 31 heavy (non-hydrogen) atoms. The van der Waals surface area contributed by atoms with Gasteiger partial charge in [-0.05, 0) is 38.9 Å². The van der Waals surface area contributed by atoms with Crippen LogP contribution in [0.1, 0.15) is 59.3 Å². The Morgan fingerprint density at radius 1 is 1.06 bits per heavy atom. The molecule has 10 heteroatoms. The van der Waals surface area contributed by atoms with Crippen molar-refractivity contribution in [2.24, 2.45) is 5.73 Å². The molecule has 0 spiro atoms. The van der Waals surface area contributed by atoms with Crippen molar-refractivity contribution < 1.29 is 29.0 Å². The molecule has 0 aliphatic rings. The van der Waals surface area contributed by atoms with Crippen molar-refractivity contribution in [3.8, 4) is 0 Å². The molecule has 3 amide bonds. The zero-order chi connectivity index (χ0) is 24.2. The number of nitrogens with zero attached hydrogens (tertiary/aromatic N) is 2. The summed E-state index contributed by atoms with van der Waals surface area (Å²) in [6.45, 7) is 4.97. The topological polar surface area (TPSA) is 130 Å². The van der Waals surface area contributed by atoms with Crippen LogP contribution in [0.5, 0.6) is 0 Å². The van der Waals surface area contributed by atoms with Gasteiger partial charge in [0.1, 0.15) is 12.1 Å². The zero-order valence-corrected chi connectivity index (χ0v) is 20.5. The third-order valence-corrected chi connectivity index (χ3v) is 6.00. The van der Waals surface area contributed by atoms with Crippen molar-refractivity contribution in [2.75, 3.05) is 32.7 Å². The van der Waals surface area contributed by atoms with Crippen molar-refractivity contribution >= 4 is 35.5 Å². The fraction of sp³-hybridized carbons (Fsp3) is 0.810. The molecule has 180 valence electrons. The third kappa shape index (κ3) is 11.4. The lowest BCUT2D eigenvalue weighted by atomic mass is 9.97. The number of rotatable bonds is 15. The Morgan fingerprint density at radius 2 is 1.68 bits per heavy atom. The Hall–Kier alpha value is -1.81. The molecule has 2 atom stereocenters. The van der Waals surface area contributed by atoms with Crippen LogP contribution >= 0.6 is 11.8 Å². The van der Waals surface area contributed by atoms with Gasteiger partial charge in [0.15, 0.2) is 0 Å². The number of amides is 3. The van der Waals surface area contributed by atoms with Gasteiger partial charge in [-0.3, -0.25) is 19.2 Å². The molecule has 0 fully saturated rings. The highest BCUT2D eigenvalue weighted by Gasteiger charge is 2.36. The van der Waals surface area contributed by atoms with E-state index < -0.39 is 29.5 Å². The zero-order valence-electron chi connectivity index (χ0n) is 19.7. The van der Waals surface area contributed by atoms with Gasteiger partial charge in [-0.15, -0.1) is 0 Å². The number of aliphatic hydroxyl groups is 1. The highest BCUT2D eigenvalue weighted by molar-refractivity contribution is 7.99. The molecular formula is C21H39N3O6S. The van der Waals surface area contributed by atoms with Gasteiger partial charge in [-0.1, -0.05) is 6.92 Å². The van der Waals surface area contributed by atoms with Crippen LogP contribution in [-0.2, 0) is 23.9 Å². The SMILES string of the molecule is CCCC(=O)N(C)[C@@H](CSCCCCC(=O)OC)C(=O)N(C)[C@@H](CC(C)(C)O)C(N)=O. The molecule has 0 rings (SSSR count). The van der Waals surface area contributed by atoms with E-state index in [1.807, 2.05) is 6.92 Å². The van der Waals surface area contributed by atoms with Crippen molar-refractivity contribution in [1.82, 2.24) is 9.80 Å². The van der Waals surface area contributed by atoms with Gasteiger partial charge < -0.3 is 25.4 Å². The molecule has 9 nitrogen and oxygen atoms in total. The monoisotopic (exact) mass is 461 g/mol. The summed E-state index contributed by atoms with van der Waals surface area (Å²) in [5.74, 6) is -0.464. The second kappa shape index (κ2) is 14.3. The number of primary amides is 1. The number of carbonyl (C=O) groups excluding carboxylic acids is 4. The first-order chi connectivity index (χ1) is 14.4. The van der Waals surface area contributed by atoms with Crippen LogP contribution in [0.25, 0.3) is 0 Å². The van der Waals surface area contributed by atoms with E-state index in [4.69, 9.17) is 5.73 Å². The fourth-order valence-electron chi connectivity index (χ4n) is 2.97. The minimum absolute atomic E-state index is 0.00934. The van der Waals surface area contributed by atoms with Gasteiger partial charge in [0.05, 0.1) is 12.7 Å². The molecule has 0 heterocycles. The van der Waals surface area contributed by atoms with Crippen LogP contribution in [0.3, 0.4) is 0 Å². The predicted octanol–water partition coefficient (Wildman–Crippen LogP) is 1.16. The number of hydrogen-bond acceptors (Lipinski definition) is 7. The highest BCUT2D eigenvalue weighted by Crippen LogP contribution is 2.19. The summed E-state index contributed by atoms with van der Waals surface area (Å²) in [6.07, 6.45) is 2.75. The average molecular weight is 462 g/mol. The molecule has 0 saturated carbocycles. The van der Waals surface area contributed by atoms with E-state index in [0.717, 1.165) is 6.42 Å². The minimum atomic E-state index is -1.19. The van der Waals surface area contributed by atoms with Gasteiger partial charge in [0, 0.05) is 39.1 Å². The van der Waals surface area contributed by atoms with Gasteiger partial charge in [0.25, 0.3) is 0 Å². The Kier molecular flexibility index (Phi) is 13.5. The van der Waals surface area contributed by atoms with E-state index in [2.05, 4.69) is 4.74 Å². The fourth-order valence-corrected chi connectivity index (χ4v) is 4.14. The summed E-state index contributed by atoms with van der Waals surface area (Å²) >= 11 is 1.50. The number of esters is 1. The molecule has 0 saturated heterocycles. The smallest absolute Gasteiger partial charge is 0.305 e. The van der Waals surface area contributed by atoms with Crippen molar-refractivity contribution in [2.45, 2.75) is 77.0 Å². The number of methoxy groups -OCH3 is 1. The van der Waals surface area contributed by atoms with E-state index in [1.54, 1.807) is 20.9 Å². The third-order valence-electron chi connectivity index (χ3n) is 4.87. The second-order valence-corrected chi connectivity index (χ2v) is 9.41. The van der Waals surface area contributed by atoms with Crippen molar-refractivity contribution in [1.29, 1.82) is 0 Å². The summed E-state index contributed by atoms with van der Waals surface area (Å²) in [7, 11) is 4.40. The summed E-state index contributed by atoms with van der Waals surface area (Å²) in [6, 6.07) is -1.76. The summed E-state index contributed by atoms with van der Waals surface area (Å²) in [4.78, 5) is 51.5. The number of carbonyl (C=O) groups is 4. The summed E-state index contributed by atoms with van der Waals surface area (Å²) < 4.78 is 4.61. The standard InChI is InChI=1S/C21H39N3O6S/c1-7-10-17(25)23(4)16(14-31-12-9-8-11-18(26)30-6)20(28)24(5)15(19(22)27)13-21(2,3)29/h15-16,29H,7-14H2,1-6H3,(H2,22,27)/t15-,16-/m0/s1. The van der Waals surface area contributed by atoms with Crippen LogP contribution in [0.2, 0.25) is 0 Å². The Labute approximate surface area is 190 Å². The first-order valence-electron chi connectivity index (χ1n) is 10.5. The van der Waals surface area contributed by atoms with E-state index in [9.17, 15) is 24.3 Å². The first kappa shape index (κ1) is 29.2. The molecule has 0 unspecified atom stereocenters. The van der Waals surface area contributed by atoms with E-state index in [0.29, 0.717) is 37.2 Å². The molecule has 3 N–H and O–H groups in total. The minimum Gasteiger partial charge on any atom is -0.469 e. The van der Waals surface area contributed by atoms with E-state index in [-0.39, 0.29) is 18.3 Å². The van der Waals surface area contributed by atoms with Crippen molar-refractivity contribution in [3.05, 3.63) is 0 Å². The second-order valence-electron chi connectivity index (χ2n) is 8.26. The predicted molar refractivity (Wildman–Crippen MR) is 121 cm³/mol. The Balaban J connectivity index is 5.24. The van der Waals surface area contributed by atoms with Crippen molar-refractivity contribution in [3.63, 3.8) is 0 Å². The van der Waals surface area contributed by atoms with Gasteiger partial charge >= 0.3 is 5.97 Å². The maximum Gasteiger partial charge on any atom is 0.305 e. The van der Waals surface area contributed by atoms with E-state index in [1.165, 1.54) is 35.7 Å². The first-order valence-corrected chi connectivity index (χ1v) is 11.7. The molecule has 0 aromatic heterocycles. The molecule has 0 aromatic carbocycles. The van der Waals surface area contributed by atoms with Crippen LogP contribution in [0.4, 0.5) is 0 Å². The maximum absolute atomic E-state index is 13.2. The Bertz CT molecular complexity index is 608. The summed E-state index contributed by atoms with van der Waals surface area (Å²) in [5, 5.41) is 10.1. The lowest BCUT2D eigenvalue weighted by Crippen LogP contribution is -2.56. The van der Waals surface area contributed by atoms with Crippen LogP contribution in [0, 0.1) is 0 Å². The lowest BCUT2D eigenvalue weighted by molar-refractivity contribution is -0.147. The molecule has 0 bridgehead atoms. The number of ether oxygens (including phenoxy) is 1. The molecular weight excluding hydrogens is 422 g/mol.